The molecule has 1 saturated carbocycles. The second-order valence-corrected chi connectivity index (χ2v) is 9.51. The molecule has 6 nitrogen and oxygen atoms in total. The van der Waals surface area contributed by atoms with Crippen LogP contribution in [-0.4, -0.2) is 40.2 Å². The number of hydrogen-bond acceptors (Lipinski definition) is 6. The molecule has 0 saturated heterocycles. The van der Waals surface area contributed by atoms with Gasteiger partial charge >= 0.3 is 0 Å². The van der Waals surface area contributed by atoms with Gasteiger partial charge in [-0.2, -0.15) is 0 Å². The maximum atomic E-state index is 13.5. The molecule has 0 unspecified atom stereocenters. The molecule has 2 N–H and O–H groups in total. The fourth-order valence-electron chi connectivity index (χ4n) is 4.20. The molecule has 0 spiro atoms. The molecule has 0 radical (unpaired) electrons. The lowest BCUT2D eigenvalue weighted by atomic mass is 9.99. The number of benzene rings is 2. The van der Waals surface area contributed by atoms with Crippen molar-refractivity contribution in [1.29, 1.82) is 0 Å². The Hall–Kier alpha value is -2.09. The first-order chi connectivity index (χ1) is 13.4. The van der Waals surface area contributed by atoms with Crippen LogP contribution in [-0.2, 0) is 14.6 Å². The summed E-state index contributed by atoms with van der Waals surface area (Å²) >= 11 is 0. The molecule has 1 fully saturated rings. The molecule has 0 amide bonds. The normalized spacial score (nSPS) is 25.7. The fraction of sp³-hybridized carbons (Fsp3) is 0.429. The van der Waals surface area contributed by atoms with Crippen LogP contribution in [0.2, 0.25) is 0 Å². The molecule has 0 aromatic heterocycles. The highest BCUT2D eigenvalue weighted by Crippen LogP contribution is 2.64. The summed E-state index contributed by atoms with van der Waals surface area (Å²) < 4.78 is 43.5. The molecule has 3 atom stereocenters. The second-order valence-electron chi connectivity index (χ2n) is 7.44. The number of hydrogen-bond donors (Lipinski definition) is 1. The van der Waals surface area contributed by atoms with E-state index < -0.39 is 20.5 Å². The van der Waals surface area contributed by atoms with E-state index >= 15 is 0 Å². The molecule has 2 aromatic rings. The topological polar surface area (TPSA) is 87.8 Å². The highest BCUT2D eigenvalue weighted by Gasteiger charge is 2.70. The Kier molecular flexibility index (Phi) is 4.85. The number of fused-ring (bicyclic) bond motifs is 1. The Labute approximate surface area is 165 Å². The zero-order valence-electron chi connectivity index (χ0n) is 16.1. The average molecular weight is 404 g/mol. The number of aryl methyl sites for hydroxylation is 1. The number of rotatable bonds is 7. The first-order valence-electron chi connectivity index (χ1n) is 9.42. The quantitative estimate of drug-likeness (QED) is 0.765. The number of sulfone groups is 1. The van der Waals surface area contributed by atoms with Gasteiger partial charge in [-0.25, -0.2) is 8.42 Å². The molecule has 2 aromatic carbocycles. The van der Waals surface area contributed by atoms with Crippen LogP contribution in [0.1, 0.15) is 24.0 Å². The summed E-state index contributed by atoms with van der Waals surface area (Å²) in [4.78, 5) is 0.320. The van der Waals surface area contributed by atoms with Crippen molar-refractivity contribution in [2.45, 2.75) is 29.9 Å². The van der Waals surface area contributed by atoms with Crippen molar-refractivity contribution in [3.8, 4) is 11.5 Å². The van der Waals surface area contributed by atoms with Crippen LogP contribution in [0.3, 0.4) is 0 Å². The van der Waals surface area contributed by atoms with E-state index in [1.807, 2.05) is 44.2 Å². The smallest absolute Gasteiger partial charge is 0.231 e. The number of nitrogens with two attached hydrogens (primary N) is 1. The zero-order valence-corrected chi connectivity index (χ0v) is 16.9. The lowest BCUT2D eigenvalue weighted by Crippen LogP contribution is -2.29. The van der Waals surface area contributed by atoms with Crippen LogP contribution in [0.15, 0.2) is 47.4 Å². The van der Waals surface area contributed by atoms with Gasteiger partial charge in [0.05, 0.1) is 16.8 Å². The van der Waals surface area contributed by atoms with Gasteiger partial charge in [0.1, 0.15) is 0 Å². The van der Waals surface area contributed by atoms with E-state index in [1.54, 1.807) is 12.1 Å². The Balaban J connectivity index is 1.75. The first-order valence-corrected chi connectivity index (χ1v) is 11.0. The van der Waals surface area contributed by atoms with Crippen LogP contribution in [0.5, 0.6) is 11.5 Å². The van der Waals surface area contributed by atoms with Gasteiger partial charge in [0.25, 0.3) is 0 Å². The molecule has 1 aliphatic carbocycles. The van der Waals surface area contributed by atoms with Crippen molar-refractivity contribution in [3.05, 3.63) is 53.6 Å². The molecule has 1 heterocycles. The van der Waals surface area contributed by atoms with Gasteiger partial charge in [-0.3, -0.25) is 0 Å². The summed E-state index contributed by atoms with van der Waals surface area (Å²) in [6.45, 7) is 5.03. The van der Waals surface area contributed by atoms with E-state index in [0.717, 1.165) is 11.1 Å². The minimum absolute atomic E-state index is 0.176. The molecule has 0 bridgehead atoms. The highest BCUT2D eigenvalue weighted by atomic mass is 32.2. The molecule has 2 aliphatic rings. The maximum Gasteiger partial charge on any atom is 0.231 e. The minimum Gasteiger partial charge on any atom is -0.454 e. The Bertz CT molecular complexity index is 973. The molecule has 4 rings (SSSR count). The zero-order chi connectivity index (χ0) is 19.9. The third-order valence-electron chi connectivity index (χ3n) is 5.77. The van der Waals surface area contributed by atoms with Crippen molar-refractivity contribution >= 4 is 9.84 Å². The first kappa shape index (κ1) is 19.2. The summed E-state index contributed by atoms with van der Waals surface area (Å²) in [6, 6.07) is 12.6. The largest absolute Gasteiger partial charge is 0.454 e. The van der Waals surface area contributed by atoms with Crippen LogP contribution in [0.4, 0.5) is 0 Å². The van der Waals surface area contributed by atoms with Crippen LogP contribution >= 0.6 is 0 Å². The van der Waals surface area contributed by atoms with E-state index in [9.17, 15) is 8.42 Å². The van der Waals surface area contributed by atoms with Gasteiger partial charge in [-0.1, -0.05) is 23.8 Å². The van der Waals surface area contributed by atoms with Gasteiger partial charge < -0.3 is 19.9 Å². The van der Waals surface area contributed by atoms with Crippen molar-refractivity contribution in [1.82, 2.24) is 0 Å². The van der Waals surface area contributed by atoms with Crippen molar-refractivity contribution in [2.24, 2.45) is 11.1 Å². The Morgan fingerprint density at radius 3 is 2.54 bits per heavy atom. The second kappa shape index (κ2) is 7.06. The van der Waals surface area contributed by atoms with Gasteiger partial charge in [0, 0.05) is 24.5 Å². The SMILES string of the molecule is CCOC[C@]1(CN)[C@H](c2ccc3c(c2)OCO3)[C@H]1S(=O)(=O)c1ccc(C)cc1. The van der Waals surface area contributed by atoms with E-state index in [1.165, 1.54) is 0 Å². The summed E-state index contributed by atoms with van der Waals surface area (Å²) in [5.74, 6) is 1.05. The molecule has 7 heteroatoms. The molecular weight excluding hydrogens is 378 g/mol. The fourth-order valence-corrected chi connectivity index (χ4v) is 6.64. The van der Waals surface area contributed by atoms with Gasteiger partial charge in [-0.05, 0) is 43.7 Å². The standard InChI is InChI=1S/C21H25NO5S/c1-3-25-12-21(11-22)19(15-6-9-17-18(10-15)27-13-26-17)20(21)28(23,24)16-7-4-14(2)5-8-16/h4-10,19-20H,3,11-13,22H2,1-2H3/t19-,20-,21-/m1/s1. The average Bonchev–Trinajstić information content (AvgIpc) is 3.15. The number of ether oxygens (including phenoxy) is 3. The lowest BCUT2D eigenvalue weighted by Gasteiger charge is -2.16. The monoisotopic (exact) mass is 403 g/mol. The molecule has 1 aliphatic heterocycles. The predicted octanol–water partition coefficient (Wildman–Crippen LogP) is 2.65. The summed E-state index contributed by atoms with van der Waals surface area (Å²) in [5.41, 5.74) is 7.38. The predicted molar refractivity (Wildman–Crippen MR) is 105 cm³/mol. The van der Waals surface area contributed by atoms with Gasteiger partial charge in [0.2, 0.25) is 6.79 Å². The summed E-state index contributed by atoms with van der Waals surface area (Å²) in [6.07, 6.45) is 0. The minimum atomic E-state index is -3.58. The van der Waals surface area contributed by atoms with Gasteiger partial charge in [0.15, 0.2) is 21.3 Å². The van der Waals surface area contributed by atoms with E-state index in [0.29, 0.717) is 29.6 Å². The molecule has 28 heavy (non-hydrogen) atoms. The molecule has 150 valence electrons. The molecular formula is C21H25NO5S. The van der Waals surface area contributed by atoms with Crippen LogP contribution < -0.4 is 15.2 Å². The third kappa shape index (κ3) is 2.98. The maximum absolute atomic E-state index is 13.5. The highest BCUT2D eigenvalue weighted by molar-refractivity contribution is 7.92. The van der Waals surface area contributed by atoms with E-state index in [2.05, 4.69) is 0 Å². The van der Waals surface area contributed by atoms with E-state index in [4.69, 9.17) is 19.9 Å². The summed E-state index contributed by atoms with van der Waals surface area (Å²) in [7, 11) is -3.58. The Morgan fingerprint density at radius 1 is 1.14 bits per heavy atom. The van der Waals surface area contributed by atoms with Crippen molar-refractivity contribution < 1.29 is 22.6 Å². The Morgan fingerprint density at radius 2 is 1.86 bits per heavy atom. The summed E-state index contributed by atoms with van der Waals surface area (Å²) in [5, 5.41) is -0.639. The van der Waals surface area contributed by atoms with Crippen LogP contribution in [0, 0.1) is 12.3 Å². The third-order valence-corrected chi connectivity index (χ3v) is 8.11. The van der Waals surface area contributed by atoms with Crippen molar-refractivity contribution in [2.75, 3.05) is 26.6 Å². The van der Waals surface area contributed by atoms with Crippen molar-refractivity contribution in [3.63, 3.8) is 0 Å². The lowest BCUT2D eigenvalue weighted by molar-refractivity contribution is 0.101. The van der Waals surface area contributed by atoms with Crippen LogP contribution in [0.25, 0.3) is 0 Å². The van der Waals surface area contributed by atoms with Gasteiger partial charge in [-0.15, -0.1) is 0 Å². The van der Waals surface area contributed by atoms with E-state index in [-0.39, 0.29) is 19.3 Å².